The number of amides is 1. The number of ether oxygens (including phenoxy) is 4. The summed E-state index contributed by atoms with van der Waals surface area (Å²) >= 11 is 1.79. The molecule has 1 unspecified atom stereocenters. The van der Waals surface area contributed by atoms with Gasteiger partial charge in [0.1, 0.15) is 17.5 Å². The summed E-state index contributed by atoms with van der Waals surface area (Å²) in [7, 11) is 2.44. The topological polar surface area (TPSA) is 139 Å². The molecule has 1 aromatic carbocycles. The first-order valence-electron chi connectivity index (χ1n) is 10.4. The van der Waals surface area contributed by atoms with E-state index in [0.717, 1.165) is 12.1 Å². The normalized spacial score (nSPS) is 12.4. The van der Waals surface area contributed by atoms with Gasteiger partial charge in [0.05, 0.1) is 30.4 Å². The van der Waals surface area contributed by atoms with Gasteiger partial charge in [-0.25, -0.2) is 14.6 Å². The van der Waals surface area contributed by atoms with Crippen molar-refractivity contribution in [2.75, 3.05) is 19.5 Å². The van der Waals surface area contributed by atoms with Crippen LogP contribution in [-0.4, -0.2) is 48.0 Å². The van der Waals surface area contributed by atoms with Gasteiger partial charge < -0.3 is 18.9 Å². The molecule has 11 nitrogen and oxygen atoms in total. The Hall–Kier alpha value is -3.37. The SMILES string of the molecule is COc1cc(CC(OC(=O)C(F)(F)F)c2c(I)ccnc2OC)c([N+](=O)[O-])cc1NC(=O)OC(C)(C)C. The third-order valence-corrected chi connectivity index (χ3v) is 5.48. The number of nitrogens with one attached hydrogen (secondary N) is 1. The van der Waals surface area contributed by atoms with Gasteiger partial charge in [-0.2, -0.15) is 13.2 Å². The second-order valence-corrected chi connectivity index (χ2v) is 9.54. The summed E-state index contributed by atoms with van der Waals surface area (Å²) in [5, 5.41) is 14.2. The largest absolute Gasteiger partial charge is 0.495 e. The Labute approximate surface area is 222 Å². The van der Waals surface area contributed by atoms with Crippen molar-refractivity contribution in [1.29, 1.82) is 0 Å². The number of anilines is 1. The van der Waals surface area contributed by atoms with E-state index in [4.69, 9.17) is 18.9 Å². The number of pyridine rings is 1. The standard InChI is InChI=1S/C22H23F3IN3O8/c1-21(2,3)37-20(31)28-13-10-14(29(32)33)11(8-15(13)34-4)9-16(36-19(30)22(23,24)25)17-12(26)6-7-27-18(17)35-5/h6-8,10,16H,9H2,1-5H3,(H,28,31). The van der Waals surface area contributed by atoms with E-state index >= 15 is 0 Å². The van der Waals surface area contributed by atoms with Gasteiger partial charge in [-0.3, -0.25) is 15.4 Å². The highest BCUT2D eigenvalue weighted by Crippen LogP contribution is 2.39. The van der Waals surface area contributed by atoms with Crippen LogP contribution in [-0.2, 0) is 20.7 Å². The molecule has 0 fully saturated rings. The molecule has 0 saturated carbocycles. The van der Waals surface area contributed by atoms with Crippen molar-refractivity contribution in [2.45, 2.75) is 45.1 Å². The molecule has 0 aliphatic carbocycles. The number of rotatable bonds is 8. The summed E-state index contributed by atoms with van der Waals surface area (Å²) in [5.74, 6) is -2.69. The molecule has 0 radical (unpaired) electrons. The van der Waals surface area contributed by atoms with Crippen LogP contribution in [0.15, 0.2) is 24.4 Å². The van der Waals surface area contributed by atoms with Crippen LogP contribution in [0.2, 0.25) is 0 Å². The van der Waals surface area contributed by atoms with E-state index in [2.05, 4.69) is 10.3 Å². The van der Waals surface area contributed by atoms with Gasteiger partial charge in [0, 0.05) is 27.8 Å². The van der Waals surface area contributed by atoms with Crippen molar-refractivity contribution in [3.63, 3.8) is 0 Å². The molecule has 0 bridgehead atoms. The average molecular weight is 641 g/mol. The number of nitro groups is 1. The fourth-order valence-corrected chi connectivity index (χ4v) is 3.85. The van der Waals surface area contributed by atoms with E-state index in [-0.39, 0.29) is 28.4 Å². The third kappa shape index (κ3) is 8.06. The summed E-state index contributed by atoms with van der Waals surface area (Å²) in [5.41, 5.74) is -1.74. The van der Waals surface area contributed by atoms with E-state index < -0.39 is 47.0 Å². The molecule has 1 N–H and O–H groups in total. The Kier molecular flexibility index (Phi) is 9.51. The zero-order valence-electron chi connectivity index (χ0n) is 20.3. The first-order chi connectivity index (χ1) is 17.1. The Morgan fingerprint density at radius 2 is 1.84 bits per heavy atom. The number of hydrogen-bond acceptors (Lipinski definition) is 9. The second kappa shape index (κ2) is 11.8. The number of nitro benzene ring substituents is 1. The van der Waals surface area contributed by atoms with Crippen molar-refractivity contribution < 1.29 is 46.6 Å². The zero-order chi connectivity index (χ0) is 28.1. The molecule has 2 aromatic rings. The van der Waals surface area contributed by atoms with Crippen molar-refractivity contribution in [2.24, 2.45) is 0 Å². The molecule has 15 heteroatoms. The predicted molar refractivity (Wildman–Crippen MR) is 132 cm³/mol. The van der Waals surface area contributed by atoms with Crippen LogP contribution in [0.5, 0.6) is 11.6 Å². The van der Waals surface area contributed by atoms with Crippen LogP contribution in [0, 0.1) is 13.7 Å². The molecular weight excluding hydrogens is 618 g/mol. The number of hydrogen-bond donors (Lipinski definition) is 1. The van der Waals surface area contributed by atoms with Gasteiger partial charge in [0.25, 0.3) is 5.69 Å². The van der Waals surface area contributed by atoms with E-state index in [9.17, 15) is 32.9 Å². The molecule has 0 spiro atoms. The Morgan fingerprint density at radius 1 is 1.19 bits per heavy atom. The van der Waals surface area contributed by atoms with Gasteiger partial charge in [-0.15, -0.1) is 0 Å². The van der Waals surface area contributed by atoms with E-state index in [1.807, 2.05) is 0 Å². The van der Waals surface area contributed by atoms with Crippen molar-refractivity contribution >= 4 is 46.0 Å². The quantitative estimate of drug-likeness (QED) is 0.175. The van der Waals surface area contributed by atoms with Crippen LogP contribution in [0.4, 0.5) is 29.3 Å². The molecule has 2 rings (SSSR count). The molecule has 1 amide bonds. The third-order valence-electron chi connectivity index (χ3n) is 4.53. The molecule has 0 saturated heterocycles. The smallest absolute Gasteiger partial charge is 0.490 e. The first-order valence-corrected chi connectivity index (χ1v) is 11.5. The van der Waals surface area contributed by atoms with Crippen LogP contribution < -0.4 is 14.8 Å². The molecule has 1 aromatic heterocycles. The zero-order valence-corrected chi connectivity index (χ0v) is 22.4. The molecule has 0 aliphatic heterocycles. The minimum absolute atomic E-state index is 0.0209. The van der Waals surface area contributed by atoms with E-state index in [1.54, 1.807) is 43.4 Å². The minimum atomic E-state index is -5.33. The molecule has 37 heavy (non-hydrogen) atoms. The van der Waals surface area contributed by atoms with E-state index in [1.165, 1.54) is 26.5 Å². The highest BCUT2D eigenvalue weighted by Gasteiger charge is 2.43. The lowest BCUT2D eigenvalue weighted by Crippen LogP contribution is -2.28. The lowest BCUT2D eigenvalue weighted by Gasteiger charge is -2.23. The van der Waals surface area contributed by atoms with Crippen molar-refractivity contribution in [1.82, 2.24) is 4.98 Å². The van der Waals surface area contributed by atoms with Gasteiger partial charge in [-0.05, 0) is 55.5 Å². The number of nitrogens with zero attached hydrogens (tertiary/aromatic N) is 2. The fourth-order valence-electron chi connectivity index (χ4n) is 3.11. The van der Waals surface area contributed by atoms with Crippen molar-refractivity contribution in [3.8, 4) is 11.6 Å². The summed E-state index contributed by atoms with van der Waals surface area (Å²) < 4.78 is 59.8. The predicted octanol–water partition coefficient (Wildman–Crippen LogP) is 5.35. The molecule has 202 valence electrons. The maximum atomic E-state index is 13.1. The minimum Gasteiger partial charge on any atom is -0.495 e. The Bertz CT molecular complexity index is 1180. The number of halogens is 4. The number of alkyl halides is 3. The Balaban J connectivity index is 2.61. The van der Waals surface area contributed by atoms with Gasteiger partial charge in [0.15, 0.2) is 0 Å². The first kappa shape index (κ1) is 29.9. The average Bonchev–Trinajstić information content (AvgIpc) is 2.76. The number of esters is 1. The maximum Gasteiger partial charge on any atom is 0.490 e. The van der Waals surface area contributed by atoms with Crippen molar-refractivity contribution in [3.05, 3.63) is 49.2 Å². The van der Waals surface area contributed by atoms with E-state index in [0.29, 0.717) is 3.57 Å². The lowest BCUT2D eigenvalue weighted by atomic mass is 9.99. The van der Waals surface area contributed by atoms with Crippen LogP contribution in [0.25, 0.3) is 0 Å². The summed E-state index contributed by atoms with van der Waals surface area (Å²) in [6.45, 7) is 4.85. The highest BCUT2D eigenvalue weighted by atomic mass is 127. The second-order valence-electron chi connectivity index (χ2n) is 8.38. The van der Waals surface area contributed by atoms with Gasteiger partial charge in [-0.1, -0.05) is 0 Å². The number of carbonyl (C=O) groups excluding carboxylic acids is 2. The van der Waals surface area contributed by atoms with Crippen LogP contribution in [0.3, 0.4) is 0 Å². The van der Waals surface area contributed by atoms with Gasteiger partial charge >= 0.3 is 18.2 Å². The maximum absolute atomic E-state index is 13.1. The molecule has 0 aliphatic rings. The fraction of sp³-hybridized carbons (Fsp3) is 0.409. The van der Waals surface area contributed by atoms with Gasteiger partial charge in [0.2, 0.25) is 5.88 Å². The Morgan fingerprint density at radius 3 is 2.35 bits per heavy atom. The molecule has 1 atom stereocenters. The summed E-state index contributed by atoms with van der Waals surface area (Å²) in [4.78, 5) is 39.0. The summed E-state index contributed by atoms with van der Waals surface area (Å²) in [6, 6.07) is 3.55. The lowest BCUT2D eigenvalue weighted by molar-refractivity contribution is -0.385. The molecular formula is C22H23F3IN3O8. The highest BCUT2D eigenvalue weighted by molar-refractivity contribution is 14.1. The molecule has 1 heterocycles. The van der Waals surface area contributed by atoms with Crippen LogP contribution in [0.1, 0.15) is 38.0 Å². The monoisotopic (exact) mass is 641 g/mol. The number of benzene rings is 1. The summed E-state index contributed by atoms with van der Waals surface area (Å²) in [6.07, 6.45) is -7.18. The number of methoxy groups -OCH3 is 2. The number of aromatic nitrogens is 1. The number of carbonyl (C=O) groups is 2. The van der Waals surface area contributed by atoms with Crippen LogP contribution >= 0.6 is 22.6 Å².